The number of carbonyl (C=O) groups is 1. The molecule has 132 valence electrons. The number of rotatable bonds is 3. The Kier molecular flexibility index (Phi) is 3.89. The summed E-state index contributed by atoms with van der Waals surface area (Å²) in [7, 11) is 1.96. The van der Waals surface area contributed by atoms with E-state index < -0.39 is 0 Å². The number of likely N-dealkylation sites (tertiary alicyclic amines) is 1. The van der Waals surface area contributed by atoms with E-state index in [9.17, 15) is 9.18 Å². The van der Waals surface area contributed by atoms with Crippen LogP contribution in [-0.4, -0.2) is 27.1 Å². The van der Waals surface area contributed by atoms with Crippen molar-refractivity contribution in [1.82, 2.24) is 14.7 Å². The first-order valence-corrected chi connectivity index (χ1v) is 9.03. The summed E-state index contributed by atoms with van der Waals surface area (Å²) in [5, 5.41) is 4.52. The van der Waals surface area contributed by atoms with Crippen LogP contribution in [0.3, 0.4) is 0 Å². The van der Waals surface area contributed by atoms with Crippen LogP contribution in [-0.2, 0) is 11.8 Å². The highest BCUT2D eigenvalue weighted by atomic mass is 19.1. The van der Waals surface area contributed by atoms with Gasteiger partial charge >= 0.3 is 0 Å². The summed E-state index contributed by atoms with van der Waals surface area (Å²) in [6, 6.07) is 6.73. The topological polar surface area (TPSA) is 38.1 Å². The maximum absolute atomic E-state index is 13.1. The number of hydrogen-bond donors (Lipinski definition) is 0. The van der Waals surface area contributed by atoms with Crippen LogP contribution in [0, 0.1) is 25.6 Å². The van der Waals surface area contributed by atoms with Gasteiger partial charge in [-0.25, -0.2) is 4.39 Å². The van der Waals surface area contributed by atoms with Crippen LogP contribution >= 0.6 is 0 Å². The van der Waals surface area contributed by atoms with E-state index in [-0.39, 0.29) is 29.6 Å². The molecule has 0 spiro atoms. The molecule has 1 aromatic heterocycles. The summed E-state index contributed by atoms with van der Waals surface area (Å²) >= 11 is 0. The van der Waals surface area contributed by atoms with Crippen LogP contribution in [0.25, 0.3) is 0 Å². The van der Waals surface area contributed by atoms with Gasteiger partial charge < -0.3 is 4.90 Å². The number of aromatic nitrogens is 2. The molecule has 2 heterocycles. The predicted octanol–water partition coefficient (Wildman–Crippen LogP) is 3.64. The summed E-state index contributed by atoms with van der Waals surface area (Å²) in [6.07, 6.45) is 2.92. The average Bonchev–Trinajstić information content (AvgIpc) is 3.17. The molecule has 1 aromatic carbocycles. The smallest absolute Gasteiger partial charge is 0.226 e. The Morgan fingerprint density at radius 2 is 1.96 bits per heavy atom. The molecule has 0 radical (unpaired) electrons. The Labute approximate surface area is 147 Å². The van der Waals surface area contributed by atoms with E-state index in [4.69, 9.17) is 0 Å². The molecule has 5 heteroatoms. The summed E-state index contributed by atoms with van der Waals surface area (Å²) < 4.78 is 15.0. The Hall–Kier alpha value is -2.17. The van der Waals surface area contributed by atoms with Gasteiger partial charge in [0.25, 0.3) is 0 Å². The summed E-state index contributed by atoms with van der Waals surface area (Å²) in [5.41, 5.74) is 4.46. The number of amides is 1. The van der Waals surface area contributed by atoms with E-state index in [0.29, 0.717) is 0 Å². The average molecular weight is 341 g/mol. The van der Waals surface area contributed by atoms with Gasteiger partial charge in [-0.3, -0.25) is 9.48 Å². The molecule has 2 aliphatic rings. The third-order valence-corrected chi connectivity index (χ3v) is 5.84. The van der Waals surface area contributed by atoms with E-state index in [1.807, 2.05) is 30.8 Å². The van der Waals surface area contributed by atoms with E-state index in [2.05, 4.69) is 16.9 Å². The van der Waals surface area contributed by atoms with Crippen molar-refractivity contribution in [2.24, 2.45) is 13.0 Å². The molecule has 1 saturated heterocycles. The molecule has 25 heavy (non-hydrogen) atoms. The van der Waals surface area contributed by atoms with Crippen LogP contribution in [0.4, 0.5) is 4.39 Å². The predicted molar refractivity (Wildman–Crippen MR) is 93.6 cm³/mol. The maximum Gasteiger partial charge on any atom is 0.226 e. The second kappa shape index (κ2) is 5.97. The number of halogens is 1. The Morgan fingerprint density at radius 1 is 1.24 bits per heavy atom. The van der Waals surface area contributed by atoms with Gasteiger partial charge in [0.2, 0.25) is 5.91 Å². The van der Waals surface area contributed by atoms with Crippen LogP contribution in [0.1, 0.15) is 53.7 Å². The van der Waals surface area contributed by atoms with Gasteiger partial charge in [-0.1, -0.05) is 12.1 Å². The highest BCUT2D eigenvalue weighted by molar-refractivity contribution is 5.83. The van der Waals surface area contributed by atoms with Crippen molar-refractivity contribution >= 4 is 5.91 Å². The molecule has 1 aliphatic heterocycles. The maximum atomic E-state index is 13.1. The second-order valence-corrected chi connectivity index (χ2v) is 7.40. The number of carbonyl (C=O) groups excluding carboxylic acids is 1. The lowest BCUT2D eigenvalue weighted by molar-refractivity contribution is -0.133. The van der Waals surface area contributed by atoms with Crippen LogP contribution in [0.5, 0.6) is 0 Å². The van der Waals surface area contributed by atoms with Crippen molar-refractivity contribution in [1.29, 1.82) is 0 Å². The van der Waals surface area contributed by atoms with E-state index in [1.54, 1.807) is 0 Å². The first kappa shape index (κ1) is 16.3. The van der Waals surface area contributed by atoms with Crippen molar-refractivity contribution in [2.75, 3.05) is 6.54 Å². The molecule has 1 aliphatic carbocycles. The molecule has 0 unspecified atom stereocenters. The number of aryl methyl sites for hydroxylation is 2. The molecule has 2 fully saturated rings. The van der Waals surface area contributed by atoms with E-state index >= 15 is 0 Å². The van der Waals surface area contributed by atoms with E-state index in [1.165, 1.54) is 17.7 Å². The lowest BCUT2D eigenvalue weighted by Crippen LogP contribution is -2.32. The van der Waals surface area contributed by atoms with Crippen molar-refractivity contribution < 1.29 is 9.18 Å². The minimum atomic E-state index is -0.227. The first-order valence-electron chi connectivity index (χ1n) is 9.03. The zero-order valence-corrected chi connectivity index (χ0v) is 15.0. The quantitative estimate of drug-likeness (QED) is 0.855. The highest BCUT2D eigenvalue weighted by Crippen LogP contribution is 2.50. The standard InChI is InChI=1S/C20H24FN3O/c1-12-19(13(2)23(3)22-12)18-5-4-10-24(18)20(25)17-11-16(17)14-6-8-15(21)9-7-14/h6-9,16-18H,4-5,10-11H2,1-3H3/t16-,17+,18+/m1/s1. The molecule has 1 saturated carbocycles. The largest absolute Gasteiger partial charge is 0.335 e. The zero-order valence-electron chi connectivity index (χ0n) is 15.0. The summed E-state index contributed by atoms with van der Waals surface area (Å²) in [4.78, 5) is 15.2. The fourth-order valence-electron chi connectivity index (χ4n) is 4.36. The third-order valence-electron chi connectivity index (χ3n) is 5.84. The summed E-state index contributed by atoms with van der Waals surface area (Å²) in [5.74, 6) is 0.308. The minimum absolute atomic E-state index is 0.0448. The number of hydrogen-bond acceptors (Lipinski definition) is 2. The number of nitrogens with zero attached hydrogens (tertiary/aromatic N) is 3. The minimum Gasteiger partial charge on any atom is -0.335 e. The van der Waals surface area contributed by atoms with Crippen LogP contribution in [0.2, 0.25) is 0 Å². The van der Waals surface area contributed by atoms with Crippen molar-refractivity contribution in [3.63, 3.8) is 0 Å². The SMILES string of the molecule is Cc1nn(C)c(C)c1[C@@H]1CCCN1C(=O)[C@H]1C[C@@H]1c1ccc(F)cc1. The Bertz CT molecular complexity index is 811. The van der Waals surface area contributed by atoms with Crippen molar-refractivity contribution in [3.05, 3.63) is 52.6 Å². The van der Waals surface area contributed by atoms with Gasteiger partial charge in [0, 0.05) is 30.8 Å². The van der Waals surface area contributed by atoms with Gasteiger partial charge in [0.15, 0.2) is 0 Å². The Morgan fingerprint density at radius 3 is 2.60 bits per heavy atom. The molecule has 0 N–H and O–H groups in total. The van der Waals surface area contributed by atoms with Crippen LogP contribution < -0.4 is 0 Å². The van der Waals surface area contributed by atoms with Gasteiger partial charge in [-0.05, 0) is 56.7 Å². The molecule has 2 aromatic rings. The lowest BCUT2D eigenvalue weighted by atomic mass is 10.0. The third kappa shape index (κ3) is 2.75. The second-order valence-electron chi connectivity index (χ2n) is 7.40. The molecule has 4 nitrogen and oxygen atoms in total. The van der Waals surface area contributed by atoms with Crippen molar-refractivity contribution in [2.45, 2.75) is 45.1 Å². The molecule has 4 rings (SSSR count). The molecule has 0 bridgehead atoms. The Balaban J connectivity index is 1.53. The fourth-order valence-corrected chi connectivity index (χ4v) is 4.36. The lowest BCUT2D eigenvalue weighted by Gasteiger charge is -2.25. The van der Waals surface area contributed by atoms with Crippen molar-refractivity contribution in [3.8, 4) is 0 Å². The van der Waals surface area contributed by atoms with Gasteiger partial charge in [-0.2, -0.15) is 5.10 Å². The van der Waals surface area contributed by atoms with Gasteiger partial charge in [0.1, 0.15) is 5.82 Å². The fraction of sp³-hybridized carbons (Fsp3) is 0.500. The monoisotopic (exact) mass is 341 g/mol. The highest BCUT2D eigenvalue weighted by Gasteiger charge is 2.48. The van der Waals surface area contributed by atoms with Gasteiger partial charge in [0.05, 0.1) is 11.7 Å². The summed E-state index contributed by atoms with van der Waals surface area (Å²) in [6.45, 7) is 4.93. The normalized spacial score (nSPS) is 25.4. The van der Waals surface area contributed by atoms with Crippen LogP contribution in [0.15, 0.2) is 24.3 Å². The van der Waals surface area contributed by atoms with E-state index in [0.717, 1.165) is 42.8 Å². The molecular formula is C20H24FN3O. The molecular weight excluding hydrogens is 317 g/mol. The first-order chi connectivity index (χ1) is 12.0. The molecule has 1 amide bonds. The zero-order chi connectivity index (χ0) is 17.7. The number of benzene rings is 1. The molecule has 3 atom stereocenters. The van der Waals surface area contributed by atoms with Gasteiger partial charge in [-0.15, -0.1) is 0 Å².